The number of nitrogens with zero attached hydrogens (tertiary/aromatic N) is 1. The summed E-state index contributed by atoms with van der Waals surface area (Å²) < 4.78 is 0. The highest BCUT2D eigenvalue weighted by Gasteiger charge is 2.21. The lowest BCUT2D eigenvalue weighted by Crippen LogP contribution is -2.26. The van der Waals surface area contributed by atoms with E-state index in [0.717, 1.165) is 11.6 Å². The van der Waals surface area contributed by atoms with Gasteiger partial charge in [0.2, 0.25) is 0 Å². The van der Waals surface area contributed by atoms with Crippen LogP contribution in [0.5, 0.6) is 0 Å². The third-order valence-corrected chi connectivity index (χ3v) is 5.30. The summed E-state index contributed by atoms with van der Waals surface area (Å²) in [5.74, 6) is 0.178. The number of hydrogen-bond acceptors (Lipinski definition) is 6. The number of nitrogens with one attached hydrogen (secondary N) is 2. The Hall–Kier alpha value is -1.60. The van der Waals surface area contributed by atoms with Crippen molar-refractivity contribution in [2.24, 2.45) is 0 Å². The first-order valence-corrected chi connectivity index (χ1v) is 8.80. The zero-order chi connectivity index (χ0) is 14.7. The van der Waals surface area contributed by atoms with Gasteiger partial charge < -0.3 is 16.4 Å². The quantitative estimate of drug-likeness (QED) is 0.764. The molecule has 21 heavy (non-hydrogen) atoms. The highest BCUT2D eigenvalue weighted by Crippen LogP contribution is 2.29. The number of thiophene rings is 1. The van der Waals surface area contributed by atoms with Crippen LogP contribution in [0.2, 0.25) is 0 Å². The van der Waals surface area contributed by atoms with Crippen LogP contribution in [0.3, 0.4) is 0 Å². The molecule has 1 saturated carbocycles. The van der Waals surface area contributed by atoms with Gasteiger partial charge in [-0.15, -0.1) is 0 Å². The fraction of sp³-hybridized carbons (Fsp3) is 0.429. The molecule has 2 heterocycles. The van der Waals surface area contributed by atoms with Crippen LogP contribution < -0.4 is 16.4 Å². The average molecular weight is 322 g/mol. The SMILES string of the molecule is Nc1nc(NC2CCC2)sc1C(=O)NCCc1ccsc1. The van der Waals surface area contributed by atoms with Crippen LogP contribution in [-0.2, 0) is 6.42 Å². The Balaban J connectivity index is 1.53. The number of anilines is 2. The lowest BCUT2D eigenvalue weighted by Gasteiger charge is -2.25. The molecular formula is C14H18N4OS2. The first-order chi connectivity index (χ1) is 10.2. The zero-order valence-corrected chi connectivity index (χ0v) is 13.2. The Kier molecular flexibility index (Phi) is 4.40. The smallest absolute Gasteiger partial charge is 0.265 e. The Morgan fingerprint density at radius 1 is 1.48 bits per heavy atom. The minimum Gasteiger partial charge on any atom is -0.382 e. The Morgan fingerprint density at radius 3 is 3.00 bits per heavy atom. The minimum atomic E-state index is -0.137. The number of rotatable bonds is 6. The van der Waals surface area contributed by atoms with Crippen LogP contribution in [0.4, 0.5) is 10.9 Å². The van der Waals surface area contributed by atoms with Crippen molar-refractivity contribution in [2.75, 3.05) is 17.6 Å². The summed E-state index contributed by atoms with van der Waals surface area (Å²) in [5, 5.41) is 11.1. The summed E-state index contributed by atoms with van der Waals surface area (Å²) >= 11 is 3.00. The number of hydrogen-bond donors (Lipinski definition) is 3. The number of carbonyl (C=O) groups is 1. The van der Waals surface area contributed by atoms with Gasteiger partial charge in [-0.3, -0.25) is 4.79 Å². The molecule has 7 heteroatoms. The number of nitrogens with two attached hydrogens (primary N) is 1. The third kappa shape index (κ3) is 3.54. The minimum absolute atomic E-state index is 0.137. The van der Waals surface area contributed by atoms with Crippen LogP contribution in [0.1, 0.15) is 34.5 Å². The molecule has 112 valence electrons. The molecular weight excluding hydrogens is 304 g/mol. The molecule has 0 aliphatic heterocycles. The van der Waals surface area contributed by atoms with Crippen molar-refractivity contribution in [3.63, 3.8) is 0 Å². The van der Waals surface area contributed by atoms with Crippen molar-refractivity contribution in [3.05, 3.63) is 27.3 Å². The molecule has 1 aliphatic carbocycles. The van der Waals surface area contributed by atoms with Gasteiger partial charge in [0, 0.05) is 12.6 Å². The predicted octanol–water partition coefficient (Wildman–Crippen LogP) is 2.72. The molecule has 0 saturated heterocycles. The van der Waals surface area contributed by atoms with Gasteiger partial charge in [-0.2, -0.15) is 11.3 Å². The molecule has 1 aliphatic rings. The molecule has 2 aromatic heterocycles. The van der Waals surface area contributed by atoms with E-state index in [1.54, 1.807) is 11.3 Å². The molecule has 1 amide bonds. The van der Waals surface area contributed by atoms with Crippen LogP contribution in [0.25, 0.3) is 0 Å². The van der Waals surface area contributed by atoms with Crippen LogP contribution in [-0.4, -0.2) is 23.5 Å². The second-order valence-electron chi connectivity index (χ2n) is 5.14. The highest BCUT2D eigenvalue weighted by atomic mass is 32.1. The molecule has 3 rings (SSSR count). The fourth-order valence-corrected chi connectivity index (χ4v) is 3.70. The summed E-state index contributed by atoms with van der Waals surface area (Å²) in [6, 6.07) is 2.56. The van der Waals surface area contributed by atoms with Gasteiger partial charge in [-0.25, -0.2) is 4.98 Å². The van der Waals surface area contributed by atoms with E-state index in [1.807, 2.05) is 5.38 Å². The van der Waals surface area contributed by atoms with E-state index in [9.17, 15) is 4.79 Å². The molecule has 0 aromatic carbocycles. The van der Waals surface area contributed by atoms with Crippen LogP contribution in [0, 0.1) is 0 Å². The van der Waals surface area contributed by atoms with E-state index in [-0.39, 0.29) is 5.91 Å². The standard InChI is InChI=1S/C14H18N4OS2/c15-12-11(21-14(18-12)17-10-2-1-3-10)13(19)16-6-4-9-5-7-20-8-9/h5,7-8,10H,1-4,6,15H2,(H,16,19)(H,17,18). The molecule has 4 N–H and O–H groups in total. The number of aromatic nitrogens is 1. The Morgan fingerprint density at radius 2 is 2.33 bits per heavy atom. The van der Waals surface area contributed by atoms with Crippen molar-refractivity contribution < 1.29 is 4.79 Å². The average Bonchev–Trinajstić information content (AvgIpc) is 3.03. The van der Waals surface area contributed by atoms with Crippen LogP contribution >= 0.6 is 22.7 Å². The summed E-state index contributed by atoms with van der Waals surface area (Å²) in [4.78, 5) is 16.9. The molecule has 0 spiro atoms. The Labute approximate surface area is 131 Å². The number of thiazole rings is 1. The van der Waals surface area contributed by atoms with Crippen molar-refractivity contribution in [1.29, 1.82) is 0 Å². The fourth-order valence-electron chi connectivity index (χ4n) is 2.12. The third-order valence-electron chi connectivity index (χ3n) is 3.57. The van der Waals surface area contributed by atoms with Gasteiger partial charge in [-0.05, 0) is 48.1 Å². The molecule has 0 bridgehead atoms. The van der Waals surface area contributed by atoms with Gasteiger partial charge in [0.05, 0.1) is 0 Å². The largest absolute Gasteiger partial charge is 0.382 e. The monoisotopic (exact) mass is 322 g/mol. The Bertz CT molecular complexity index is 605. The predicted molar refractivity (Wildman–Crippen MR) is 88.1 cm³/mol. The topological polar surface area (TPSA) is 80.0 Å². The van der Waals surface area contributed by atoms with E-state index in [1.165, 1.54) is 36.2 Å². The van der Waals surface area contributed by atoms with E-state index in [0.29, 0.717) is 23.3 Å². The van der Waals surface area contributed by atoms with Gasteiger partial charge in [0.25, 0.3) is 5.91 Å². The molecule has 5 nitrogen and oxygen atoms in total. The lowest BCUT2D eigenvalue weighted by molar-refractivity contribution is 0.0959. The van der Waals surface area contributed by atoms with Gasteiger partial charge >= 0.3 is 0 Å². The van der Waals surface area contributed by atoms with E-state index in [4.69, 9.17) is 5.73 Å². The number of carbonyl (C=O) groups excluding carboxylic acids is 1. The molecule has 0 unspecified atom stereocenters. The van der Waals surface area contributed by atoms with Gasteiger partial charge in [0.1, 0.15) is 10.7 Å². The first-order valence-electron chi connectivity index (χ1n) is 7.04. The molecule has 1 fully saturated rings. The van der Waals surface area contributed by atoms with Crippen molar-refractivity contribution in [3.8, 4) is 0 Å². The summed E-state index contributed by atoms with van der Waals surface area (Å²) in [5.41, 5.74) is 7.08. The van der Waals surface area contributed by atoms with Crippen molar-refractivity contribution in [2.45, 2.75) is 31.7 Å². The zero-order valence-electron chi connectivity index (χ0n) is 11.6. The molecule has 0 radical (unpaired) electrons. The van der Waals surface area contributed by atoms with Crippen molar-refractivity contribution >= 4 is 39.5 Å². The maximum Gasteiger partial charge on any atom is 0.265 e. The molecule has 2 aromatic rings. The lowest BCUT2D eigenvalue weighted by atomic mass is 9.93. The van der Waals surface area contributed by atoms with E-state index in [2.05, 4.69) is 27.1 Å². The maximum atomic E-state index is 12.1. The molecule has 0 atom stereocenters. The van der Waals surface area contributed by atoms with E-state index < -0.39 is 0 Å². The summed E-state index contributed by atoms with van der Waals surface area (Å²) in [6.45, 7) is 0.609. The number of amides is 1. The van der Waals surface area contributed by atoms with Gasteiger partial charge in [0.15, 0.2) is 5.13 Å². The number of nitrogen functional groups attached to an aromatic ring is 1. The van der Waals surface area contributed by atoms with Crippen molar-refractivity contribution in [1.82, 2.24) is 10.3 Å². The van der Waals surface area contributed by atoms with Gasteiger partial charge in [-0.1, -0.05) is 11.3 Å². The highest BCUT2D eigenvalue weighted by molar-refractivity contribution is 7.18. The maximum absolute atomic E-state index is 12.1. The normalized spacial score (nSPS) is 14.7. The second-order valence-corrected chi connectivity index (χ2v) is 6.92. The van der Waals surface area contributed by atoms with E-state index >= 15 is 0 Å². The summed E-state index contributed by atoms with van der Waals surface area (Å²) in [6.07, 6.45) is 4.43. The first kappa shape index (κ1) is 14.3. The second kappa shape index (κ2) is 6.44. The summed E-state index contributed by atoms with van der Waals surface area (Å²) in [7, 11) is 0. The van der Waals surface area contributed by atoms with Crippen LogP contribution in [0.15, 0.2) is 16.8 Å².